The van der Waals surface area contributed by atoms with Gasteiger partial charge in [-0.3, -0.25) is 24.1 Å². The number of carbonyl (C=O) groups excluding carboxylic acids is 4. The molecule has 0 saturated carbocycles. The topological polar surface area (TPSA) is 105 Å². The van der Waals surface area contributed by atoms with E-state index in [0.29, 0.717) is 18.0 Å². The first-order chi connectivity index (χ1) is 14.8. The number of rotatable bonds is 5. The molecule has 0 radical (unpaired) electrons. The van der Waals surface area contributed by atoms with Crippen molar-refractivity contribution in [3.63, 3.8) is 0 Å². The summed E-state index contributed by atoms with van der Waals surface area (Å²) in [5.74, 6) is -1.57. The number of carbonyl (C=O) groups is 4. The summed E-state index contributed by atoms with van der Waals surface area (Å²) in [5, 5.41) is 5.58. The third-order valence-corrected chi connectivity index (χ3v) is 5.51. The highest BCUT2D eigenvalue weighted by Gasteiger charge is 2.38. The second-order valence-electron chi connectivity index (χ2n) is 7.45. The van der Waals surface area contributed by atoms with Gasteiger partial charge in [0.15, 0.2) is 0 Å². The largest absolute Gasteiger partial charge is 0.376 e. The van der Waals surface area contributed by atoms with Gasteiger partial charge in [0, 0.05) is 24.8 Å². The second-order valence-corrected chi connectivity index (χ2v) is 7.85. The van der Waals surface area contributed by atoms with Crippen LogP contribution in [0.15, 0.2) is 36.4 Å². The normalized spacial score (nSPS) is 17.6. The average Bonchev–Trinajstić information content (AvgIpc) is 3.33. The monoisotopic (exact) mass is 441 g/mol. The molecular formula is C22H20ClN3O5. The zero-order valence-electron chi connectivity index (χ0n) is 16.7. The van der Waals surface area contributed by atoms with Crippen LogP contribution >= 0.6 is 11.6 Å². The van der Waals surface area contributed by atoms with Gasteiger partial charge in [-0.05, 0) is 49.2 Å². The Balaban J connectivity index is 1.53. The number of nitrogens with zero attached hydrogens (tertiary/aromatic N) is 1. The van der Waals surface area contributed by atoms with Crippen molar-refractivity contribution in [3.05, 3.63) is 58.1 Å². The van der Waals surface area contributed by atoms with Crippen molar-refractivity contribution < 1.29 is 23.9 Å². The maximum Gasteiger partial charge on any atom is 0.261 e. The molecule has 8 nitrogen and oxygen atoms in total. The molecule has 2 aliphatic rings. The van der Waals surface area contributed by atoms with E-state index in [2.05, 4.69) is 10.6 Å². The molecule has 1 atom stereocenters. The number of hydrogen-bond donors (Lipinski definition) is 2. The number of halogens is 1. The van der Waals surface area contributed by atoms with Gasteiger partial charge in [0.05, 0.1) is 34.5 Å². The smallest absolute Gasteiger partial charge is 0.261 e. The molecule has 2 heterocycles. The summed E-state index contributed by atoms with van der Waals surface area (Å²) in [4.78, 5) is 50.6. The Bertz CT molecular complexity index is 1090. The minimum Gasteiger partial charge on any atom is -0.376 e. The fourth-order valence-electron chi connectivity index (χ4n) is 3.69. The van der Waals surface area contributed by atoms with Gasteiger partial charge in [-0.15, -0.1) is 0 Å². The van der Waals surface area contributed by atoms with Crippen molar-refractivity contribution in [1.29, 1.82) is 0 Å². The fourth-order valence-corrected chi connectivity index (χ4v) is 3.85. The molecule has 2 aromatic carbocycles. The van der Waals surface area contributed by atoms with Crippen LogP contribution in [0.2, 0.25) is 5.02 Å². The van der Waals surface area contributed by atoms with E-state index < -0.39 is 11.8 Å². The molecule has 4 amide bonds. The van der Waals surface area contributed by atoms with E-state index >= 15 is 0 Å². The maximum atomic E-state index is 12.8. The van der Waals surface area contributed by atoms with Crippen LogP contribution in [-0.2, 0) is 9.53 Å². The van der Waals surface area contributed by atoms with Crippen LogP contribution in [0.4, 0.5) is 11.4 Å². The quantitative estimate of drug-likeness (QED) is 0.692. The number of ether oxygens (including phenoxy) is 1. The van der Waals surface area contributed by atoms with Crippen LogP contribution in [0.3, 0.4) is 0 Å². The summed E-state index contributed by atoms with van der Waals surface area (Å²) in [6, 6.07) is 9.08. The predicted octanol–water partition coefficient (Wildman–Crippen LogP) is 3.33. The molecule has 1 saturated heterocycles. The summed E-state index contributed by atoms with van der Waals surface area (Å²) < 4.78 is 5.53. The van der Waals surface area contributed by atoms with Gasteiger partial charge in [0.2, 0.25) is 5.91 Å². The number of imide groups is 1. The summed E-state index contributed by atoms with van der Waals surface area (Å²) in [7, 11) is 0. The summed E-state index contributed by atoms with van der Waals surface area (Å²) in [6.45, 7) is 2.21. The first kappa shape index (κ1) is 21.0. The van der Waals surface area contributed by atoms with Crippen molar-refractivity contribution >= 4 is 46.6 Å². The Labute approximate surface area is 183 Å². The molecule has 1 unspecified atom stereocenters. The molecule has 2 aliphatic heterocycles. The molecule has 2 N–H and O–H groups in total. The summed E-state index contributed by atoms with van der Waals surface area (Å²) >= 11 is 6.16. The second kappa shape index (κ2) is 8.49. The minimum atomic E-state index is -0.498. The number of anilines is 2. The van der Waals surface area contributed by atoms with Crippen LogP contribution in [0.5, 0.6) is 0 Å². The van der Waals surface area contributed by atoms with E-state index in [0.717, 1.165) is 12.8 Å². The zero-order valence-corrected chi connectivity index (χ0v) is 17.5. The molecular weight excluding hydrogens is 422 g/mol. The first-order valence-corrected chi connectivity index (χ1v) is 10.2. The highest BCUT2D eigenvalue weighted by atomic mass is 35.5. The fraction of sp³-hybridized carbons (Fsp3) is 0.273. The van der Waals surface area contributed by atoms with Crippen molar-refractivity contribution in [2.24, 2.45) is 0 Å². The molecule has 2 aromatic rings. The number of fused-ring (bicyclic) bond motifs is 1. The number of nitrogens with one attached hydrogen (secondary N) is 2. The van der Waals surface area contributed by atoms with Gasteiger partial charge >= 0.3 is 0 Å². The van der Waals surface area contributed by atoms with Gasteiger partial charge in [-0.2, -0.15) is 0 Å². The van der Waals surface area contributed by atoms with Gasteiger partial charge in [0.1, 0.15) is 0 Å². The molecule has 31 heavy (non-hydrogen) atoms. The van der Waals surface area contributed by atoms with E-state index in [1.54, 1.807) is 12.1 Å². The minimum absolute atomic E-state index is 0.150. The van der Waals surface area contributed by atoms with Crippen molar-refractivity contribution in [3.8, 4) is 0 Å². The molecule has 0 aromatic heterocycles. The van der Waals surface area contributed by atoms with Crippen molar-refractivity contribution in [2.45, 2.75) is 25.9 Å². The molecule has 0 spiro atoms. The Hall–Kier alpha value is -3.23. The standard InChI is InChI=1S/C22H20ClN3O5/c1-12(27)24-14-5-7-18(23)19(10-14)25-20(28)13-4-6-16-17(9-13)22(30)26(21(16)29)11-15-3-2-8-31-15/h4-7,9-10,15H,2-3,8,11H2,1H3,(H,24,27)(H,25,28). The van der Waals surface area contributed by atoms with Gasteiger partial charge in [-0.25, -0.2) is 0 Å². The molecule has 0 aliphatic carbocycles. The van der Waals surface area contributed by atoms with Crippen LogP contribution < -0.4 is 10.6 Å². The van der Waals surface area contributed by atoms with Gasteiger partial charge < -0.3 is 15.4 Å². The van der Waals surface area contributed by atoms with Crippen LogP contribution in [0.25, 0.3) is 0 Å². The van der Waals surface area contributed by atoms with E-state index in [1.165, 1.54) is 36.1 Å². The molecule has 1 fully saturated rings. The van der Waals surface area contributed by atoms with Gasteiger partial charge in [-0.1, -0.05) is 11.6 Å². The van der Waals surface area contributed by atoms with E-state index in [4.69, 9.17) is 16.3 Å². The highest BCUT2D eigenvalue weighted by molar-refractivity contribution is 6.34. The number of hydrogen-bond acceptors (Lipinski definition) is 5. The Morgan fingerprint density at radius 2 is 1.87 bits per heavy atom. The Morgan fingerprint density at radius 1 is 1.10 bits per heavy atom. The van der Waals surface area contributed by atoms with Crippen LogP contribution in [-0.4, -0.2) is 47.8 Å². The third kappa shape index (κ3) is 4.30. The zero-order chi connectivity index (χ0) is 22.1. The lowest BCUT2D eigenvalue weighted by atomic mass is 10.1. The van der Waals surface area contributed by atoms with Crippen LogP contribution in [0.1, 0.15) is 50.8 Å². The summed E-state index contributed by atoms with van der Waals surface area (Å²) in [6.07, 6.45) is 1.56. The number of benzene rings is 2. The first-order valence-electron chi connectivity index (χ1n) is 9.84. The number of amides is 4. The SMILES string of the molecule is CC(=O)Nc1ccc(Cl)c(NC(=O)c2ccc3c(c2)C(=O)N(CC2CCCO2)C3=O)c1. The van der Waals surface area contributed by atoms with Crippen molar-refractivity contribution in [2.75, 3.05) is 23.8 Å². The molecule has 4 rings (SSSR count). The van der Waals surface area contributed by atoms with E-state index in [-0.39, 0.29) is 46.2 Å². The van der Waals surface area contributed by atoms with Crippen molar-refractivity contribution in [1.82, 2.24) is 4.90 Å². The Morgan fingerprint density at radius 3 is 2.58 bits per heavy atom. The van der Waals surface area contributed by atoms with E-state index in [9.17, 15) is 19.2 Å². The summed E-state index contributed by atoms with van der Waals surface area (Å²) in [5.41, 5.74) is 1.45. The molecule has 9 heteroatoms. The lowest BCUT2D eigenvalue weighted by Crippen LogP contribution is -2.36. The average molecular weight is 442 g/mol. The molecule has 160 valence electrons. The lowest BCUT2D eigenvalue weighted by Gasteiger charge is -2.17. The van der Waals surface area contributed by atoms with Gasteiger partial charge in [0.25, 0.3) is 17.7 Å². The van der Waals surface area contributed by atoms with Crippen LogP contribution in [0, 0.1) is 0 Å². The maximum absolute atomic E-state index is 12.8. The van der Waals surface area contributed by atoms with E-state index in [1.807, 2.05) is 0 Å². The lowest BCUT2D eigenvalue weighted by molar-refractivity contribution is -0.114. The predicted molar refractivity (Wildman–Crippen MR) is 114 cm³/mol. The Kier molecular flexibility index (Phi) is 5.75. The highest BCUT2D eigenvalue weighted by Crippen LogP contribution is 2.28. The third-order valence-electron chi connectivity index (χ3n) is 5.18. The molecule has 0 bridgehead atoms.